The molecule has 1 atom stereocenters. The molecule has 1 rings (SSSR count). The van der Waals surface area contributed by atoms with Gasteiger partial charge in [0, 0.05) is 5.69 Å². The van der Waals surface area contributed by atoms with E-state index in [1.54, 1.807) is 13.0 Å². The van der Waals surface area contributed by atoms with Crippen molar-refractivity contribution in [3.05, 3.63) is 29.6 Å². The van der Waals surface area contributed by atoms with Crippen LogP contribution in [0.3, 0.4) is 0 Å². The molecule has 102 valence electrons. The summed E-state index contributed by atoms with van der Waals surface area (Å²) in [6.07, 6.45) is 0. The Morgan fingerprint density at radius 1 is 1.39 bits per heavy atom. The van der Waals surface area contributed by atoms with E-state index in [0.717, 1.165) is 0 Å². The van der Waals surface area contributed by atoms with Gasteiger partial charge in [-0.1, -0.05) is 20.8 Å². The van der Waals surface area contributed by atoms with E-state index in [9.17, 15) is 9.18 Å². The van der Waals surface area contributed by atoms with Gasteiger partial charge in [-0.25, -0.2) is 4.39 Å². The summed E-state index contributed by atoms with van der Waals surface area (Å²) in [5.41, 5.74) is 6.57. The van der Waals surface area contributed by atoms with Crippen LogP contribution < -0.4 is 11.1 Å². The third-order valence-corrected chi connectivity index (χ3v) is 2.64. The third kappa shape index (κ3) is 4.27. The molecule has 3 nitrogen and oxygen atoms in total. The number of nitrogens with one attached hydrogen (secondary N) is 1. The maximum atomic E-state index is 13.0. The number of anilines is 1. The Morgan fingerprint density at radius 2 is 1.94 bits per heavy atom. The zero-order chi connectivity index (χ0) is 13.2. The van der Waals surface area contributed by atoms with E-state index in [-0.39, 0.29) is 29.5 Å². The first-order valence-electron chi connectivity index (χ1n) is 5.54. The van der Waals surface area contributed by atoms with Crippen molar-refractivity contribution in [2.24, 2.45) is 11.1 Å². The summed E-state index contributed by atoms with van der Waals surface area (Å²) in [5, 5.41) is 2.69. The van der Waals surface area contributed by atoms with Gasteiger partial charge in [0.25, 0.3) is 0 Å². The van der Waals surface area contributed by atoms with Crippen LogP contribution in [-0.2, 0) is 4.79 Å². The molecule has 0 unspecified atom stereocenters. The second-order valence-corrected chi connectivity index (χ2v) is 5.30. The van der Waals surface area contributed by atoms with Gasteiger partial charge in [0.2, 0.25) is 5.91 Å². The number of aryl methyl sites for hydroxylation is 1. The molecule has 0 fully saturated rings. The van der Waals surface area contributed by atoms with E-state index in [2.05, 4.69) is 5.32 Å². The monoisotopic (exact) mass is 274 g/mol. The van der Waals surface area contributed by atoms with Gasteiger partial charge in [-0.15, -0.1) is 12.4 Å². The Labute approximate surface area is 113 Å². The molecule has 0 saturated heterocycles. The first kappa shape index (κ1) is 16.9. The van der Waals surface area contributed by atoms with Gasteiger partial charge in [0.05, 0.1) is 6.04 Å². The number of amides is 1. The summed E-state index contributed by atoms with van der Waals surface area (Å²) < 4.78 is 13.0. The van der Waals surface area contributed by atoms with E-state index in [1.165, 1.54) is 12.1 Å². The van der Waals surface area contributed by atoms with Crippen molar-refractivity contribution in [2.45, 2.75) is 33.7 Å². The summed E-state index contributed by atoms with van der Waals surface area (Å²) in [4.78, 5) is 11.8. The fourth-order valence-corrected chi connectivity index (χ4v) is 1.34. The van der Waals surface area contributed by atoms with Crippen LogP contribution in [-0.4, -0.2) is 11.9 Å². The van der Waals surface area contributed by atoms with Crippen LogP contribution in [0.2, 0.25) is 0 Å². The lowest BCUT2D eigenvalue weighted by molar-refractivity contribution is -0.119. The Morgan fingerprint density at radius 3 is 2.39 bits per heavy atom. The minimum absolute atomic E-state index is 0. The molecule has 0 saturated carbocycles. The summed E-state index contributed by atoms with van der Waals surface area (Å²) in [5.74, 6) is -0.549. The highest BCUT2D eigenvalue weighted by Crippen LogP contribution is 2.19. The number of rotatable bonds is 2. The summed E-state index contributed by atoms with van der Waals surface area (Å²) >= 11 is 0. The van der Waals surface area contributed by atoms with E-state index in [1.807, 2.05) is 20.8 Å². The second-order valence-electron chi connectivity index (χ2n) is 5.30. The average Bonchev–Trinajstić information content (AvgIpc) is 2.21. The molecule has 0 aliphatic rings. The van der Waals surface area contributed by atoms with Crippen LogP contribution in [0, 0.1) is 18.2 Å². The first-order chi connectivity index (χ1) is 7.71. The van der Waals surface area contributed by atoms with Crippen LogP contribution in [0.5, 0.6) is 0 Å². The number of carbonyl (C=O) groups is 1. The van der Waals surface area contributed by atoms with Crippen molar-refractivity contribution >= 4 is 24.0 Å². The molecule has 1 aromatic carbocycles. The summed E-state index contributed by atoms with van der Waals surface area (Å²) in [6, 6.07) is 3.83. The third-order valence-electron chi connectivity index (χ3n) is 2.64. The lowest BCUT2D eigenvalue weighted by Crippen LogP contribution is -2.45. The largest absolute Gasteiger partial charge is 0.325 e. The van der Waals surface area contributed by atoms with Crippen molar-refractivity contribution in [1.82, 2.24) is 0 Å². The molecule has 0 aliphatic heterocycles. The fraction of sp³-hybridized carbons (Fsp3) is 0.462. The predicted octanol–water partition coefficient (Wildman–Crippen LogP) is 2.87. The van der Waals surface area contributed by atoms with Gasteiger partial charge in [0.1, 0.15) is 5.82 Å². The Hall–Kier alpha value is -1.13. The highest BCUT2D eigenvalue weighted by atomic mass is 35.5. The molecule has 5 heteroatoms. The molecule has 1 aromatic rings. The normalized spacial score (nSPS) is 12.6. The van der Waals surface area contributed by atoms with Crippen LogP contribution in [0.15, 0.2) is 18.2 Å². The summed E-state index contributed by atoms with van der Waals surface area (Å²) in [6.45, 7) is 7.34. The molecule has 0 radical (unpaired) electrons. The number of benzene rings is 1. The maximum Gasteiger partial charge on any atom is 0.241 e. The second kappa shape index (κ2) is 6.16. The Balaban J connectivity index is 0.00000289. The highest BCUT2D eigenvalue weighted by molar-refractivity contribution is 5.95. The average molecular weight is 275 g/mol. The zero-order valence-electron chi connectivity index (χ0n) is 11.1. The van der Waals surface area contributed by atoms with Crippen molar-refractivity contribution in [1.29, 1.82) is 0 Å². The molecule has 0 aromatic heterocycles. The SMILES string of the molecule is Cc1cc(NC(=O)[C@@H](N)C(C)(C)C)ccc1F.Cl. The van der Waals surface area contributed by atoms with Gasteiger partial charge in [0.15, 0.2) is 0 Å². The number of carbonyl (C=O) groups excluding carboxylic acids is 1. The van der Waals surface area contributed by atoms with Gasteiger partial charge in [-0.05, 0) is 36.1 Å². The van der Waals surface area contributed by atoms with E-state index >= 15 is 0 Å². The molecule has 0 aliphatic carbocycles. The molecule has 3 N–H and O–H groups in total. The quantitative estimate of drug-likeness (QED) is 0.871. The number of nitrogens with two attached hydrogens (primary N) is 1. The van der Waals surface area contributed by atoms with E-state index in [0.29, 0.717) is 11.3 Å². The molecular weight excluding hydrogens is 255 g/mol. The minimum atomic E-state index is -0.604. The lowest BCUT2D eigenvalue weighted by atomic mass is 9.87. The standard InChI is InChI=1S/C13H19FN2O.ClH/c1-8-7-9(5-6-10(8)14)16-12(17)11(15)13(2,3)4;/h5-7,11H,15H2,1-4H3,(H,16,17);1H/t11-;/m1./s1. The van der Waals surface area contributed by atoms with Crippen molar-refractivity contribution in [3.8, 4) is 0 Å². The molecular formula is C13H20ClFN2O. The predicted molar refractivity (Wildman–Crippen MR) is 74.4 cm³/mol. The van der Waals surface area contributed by atoms with Gasteiger partial charge >= 0.3 is 0 Å². The Kier molecular flexibility index (Phi) is 5.77. The van der Waals surface area contributed by atoms with E-state index in [4.69, 9.17) is 5.73 Å². The molecule has 1 amide bonds. The zero-order valence-corrected chi connectivity index (χ0v) is 11.9. The lowest BCUT2D eigenvalue weighted by Gasteiger charge is -2.25. The van der Waals surface area contributed by atoms with Crippen molar-refractivity contribution < 1.29 is 9.18 Å². The first-order valence-corrected chi connectivity index (χ1v) is 5.54. The Bertz CT molecular complexity index is 429. The molecule has 0 heterocycles. The molecule has 0 spiro atoms. The number of hydrogen-bond acceptors (Lipinski definition) is 2. The van der Waals surface area contributed by atoms with E-state index < -0.39 is 6.04 Å². The van der Waals surface area contributed by atoms with Crippen LogP contribution in [0.4, 0.5) is 10.1 Å². The minimum Gasteiger partial charge on any atom is -0.325 e. The van der Waals surface area contributed by atoms with Crippen molar-refractivity contribution in [2.75, 3.05) is 5.32 Å². The van der Waals surface area contributed by atoms with Gasteiger partial charge in [-0.3, -0.25) is 4.79 Å². The molecule has 18 heavy (non-hydrogen) atoms. The van der Waals surface area contributed by atoms with Gasteiger partial charge in [-0.2, -0.15) is 0 Å². The topological polar surface area (TPSA) is 55.1 Å². The number of hydrogen-bond donors (Lipinski definition) is 2. The number of halogens is 2. The summed E-state index contributed by atoms with van der Waals surface area (Å²) in [7, 11) is 0. The smallest absolute Gasteiger partial charge is 0.241 e. The fourth-order valence-electron chi connectivity index (χ4n) is 1.34. The van der Waals surface area contributed by atoms with Gasteiger partial charge < -0.3 is 11.1 Å². The molecule has 0 bridgehead atoms. The van der Waals surface area contributed by atoms with Crippen LogP contribution in [0.1, 0.15) is 26.3 Å². The highest BCUT2D eigenvalue weighted by Gasteiger charge is 2.27. The van der Waals surface area contributed by atoms with Crippen molar-refractivity contribution in [3.63, 3.8) is 0 Å². The van der Waals surface area contributed by atoms with Crippen LogP contribution >= 0.6 is 12.4 Å². The maximum absolute atomic E-state index is 13.0. The van der Waals surface area contributed by atoms with Crippen LogP contribution in [0.25, 0.3) is 0 Å².